The van der Waals surface area contributed by atoms with Crippen LogP contribution in [0.15, 0.2) is 0 Å². The van der Waals surface area contributed by atoms with Crippen LogP contribution in [0.2, 0.25) is 0 Å². The largest absolute Gasteiger partial charge is 0.446 e. The van der Waals surface area contributed by atoms with Crippen molar-refractivity contribution < 1.29 is 26.6 Å². The van der Waals surface area contributed by atoms with Gasteiger partial charge in [0.05, 0.1) is 0 Å². The zero-order chi connectivity index (χ0) is 11.4. The van der Waals surface area contributed by atoms with Crippen molar-refractivity contribution >= 4 is 7.48 Å². The molecule has 0 aliphatic carbocycles. The fraction of sp³-hybridized carbons (Fsp3) is 0.600. The quantitative estimate of drug-likeness (QED) is 0.520. The maximum Gasteiger partial charge on any atom is 0.446 e. The van der Waals surface area contributed by atoms with Crippen LogP contribution in [0.3, 0.4) is 0 Å². The van der Waals surface area contributed by atoms with Crippen LogP contribution in [-0.4, -0.2) is 25.6 Å². The van der Waals surface area contributed by atoms with Crippen molar-refractivity contribution in [2.24, 2.45) is 0 Å². The lowest BCUT2D eigenvalue weighted by Gasteiger charge is -2.17. The van der Waals surface area contributed by atoms with E-state index < -0.39 is 25.6 Å². The summed E-state index contributed by atoms with van der Waals surface area (Å²) >= 11 is 0. The van der Waals surface area contributed by atoms with E-state index in [1.165, 1.54) is 0 Å². The van der Waals surface area contributed by atoms with Crippen LogP contribution in [0.5, 0.6) is 0 Å². The Bertz CT molecular complexity index is 263. The molecule has 0 saturated carbocycles. The Morgan fingerprint density at radius 3 is 1.79 bits per heavy atom. The molecular weight excluding hydrogens is 210 g/mol. The van der Waals surface area contributed by atoms with Crippen LogP contribution < -0.4 is 0 Å². The molecule has 0 bridgehead atoms. The maximum atomic E-state index is 12.0. The molecule has 0 saturated heterocycles. The highest BCUT2D eigenvalue weighted by atomic mass is 19.4. The Hall–Kier alpha value is -1.35. The number of hydrogen-bond acceptors (Lipinski definition) is 3. The average Bonchev–Trinajstić information content (AvgIpc) is 2.04. The van der Waals surface area contributed by atoms with Crippen molar-refractivity contribution in [1.29, 1.82) is 10.5 Å². The minimum Gasteiger partial charge on any atom is -0.408 e. The Morgan fingerprint density at radius 2 is 1.50 bits per heavy atom. The van der Waals surface area contributed by atoms with Gasteiger partial charge in [-0.15, -0.1) is 0 Å². The second-order valence-electron chi connectivity index (χ2n) is 2.01. The van der Waals surface area contributed by atoms with E-state index in [4.69, 9.17) is 10.5 Å². The first-order chi connectivity index (χ1) is 6.24. The third-order valence-corrected chi connectivity index (χ3v) is 0.965. The molecule has 0 aliphatic heterocycles. The first kappa shape index (κ1) is 12.7. The predicted molar refractivity (Wildman–Crippen MR) is 32.9 cm³/mol. The molecule has 9 heteroatoms. The van der Waals surface area contributed by atoms with Crippen LogP contribution in [-0.2, 0) is 4.65 Å². The molecule has 0 aromatic carbocycles. The molecule has 0 aromatic heterocycles. The molecule has 14 heavy (non-hydrogen) atoms. The number of halogens is 5. The normalized spacial score (nSPS) is 12.0. The van der Waals surface area contributed by atoms with E-state index >= 15 is 0 Å². The third kappa shape index (κ3) is 3.19. The fourth-order valence-electron chi connectivity index (χ4n) is 0.310. The molecule has 0 N–H and O–H groups in total. The van der Waals surface area contributed by atoms with E-state index in [2.05, 4.69) is 4.65 Å². The second kappa shape index (κ2) is 4.25. The molecule has 0 fully saturated rings. The Balaban J connectivity index is 4.29. The lowest BCUT2D eigenvalue weighted by atomic mass is 9.88. The zero-order valence-electron chi connectivity index (χ0n) is 6.35. The number of nitrogens with zero attached hydrogens (tertiary/aromatic N) is 2. The summed E-state index contributed by atoms with van der Waals surface area (Å²) < 4.78 is 62.1. The summed E-state index contributed by atoms with van der Waals surface area (Å²) in [4.78, 5) is 0. The minimum absolute atomic E-state index is 0.871. The van der Waals surface area contributed by atoms with Crippen LogP contribution in [0.1, 0.15) is 0 Å². The maximum absolute atomic E-state index is 12.0. The summed E-state index contributed by atoms with van der Waals surface area (Å²) in [5, 5.41) is 16.0. The first-order valence-corrected chi connectivity index (χ1v) is 2.98. The summed E-state index contributed by atoms with van der Waals surface area (Å²) in [6, 6.07) is 2.12. The Morgan fingerprint density at radius 1 is 1.07 bits per heavy atom. The lowest BCUT2D eigenvalue weighted by molar-refractivity contribution is -0.247. The molecule has 0 spiro atoms. The Kier molecular flexibility index (Phi) is 3.84. The monoisotopic (exact) mass is 211 g/mol. The molecule has 0 heterocycles. The van der Waals surface area contributed by atoms with Crippen molar-refractivity contribution in [2.75, 3.05) is 0 Å². The highest BCUT2D eigenvalue weighted by Crippen LogP contribution is 2.34. The van der Waals surface area contributed by atoms with Gasteiger partial charge in [-0.2, -0.15) is 23.7 Å². The van der Waals surface area contributed by atoms with Crippen molar-refractivity contribution in [3.8, 4) is 12.1 Å². The van der Waals surface area contributed by atoms with Crippen LogP contribution >= 0.6 is 0 Å². The summed E-state index contributed by atoms with van der Waals surface area (Å²) in [6.07, 6.45) is -7.79. The minimum atomic E-state index is -5.80. The molecule has 0 aromatic rings. The summed E-state index contributed by atoms with van der Waals surface area (Å²) in [7, 11) is -0.871. The van der Waals surface area contributed by atoms with Crippen molar-refractivity contribution in [3.05, 3.63) is 0 Å². The van der Waals surface area contributed by atoms with Crippen LogP contribution in [0.25, 0.3) is 0 Å². The van der Waals surface area contributed by atoms with E-state index in [9.17, 15) is 22.0 Å². The topological polar surface area (TPSA) is 56.8 Å². The van der Waals surface area contributed by atoms with E-state index in [0.29, 0.717) is 0 Å². The van der Waals surface area contributed by atoms with Crippen LogP contribution in [0.4, 0.5) is 22.0 Å². The van der Waals surface area contributed by atoms with Crippen molar-refractivity contribution in [3.63, 3.8) is 0 Å². The first-order valence-electron chi connectivity index (χ1n) is 2.98. The van der Waals surface area contributed by atoms with Gasteiger partial charge in [0.2, 0.25) is 6.10 Å². The van der Waals surface area contributed by atoms with Gasteiger partial charge in [0.25, 0.3) is 0 Å². The molecule has 0 rings (SSSR count). The average molecular weight is 211 g/mol. The van der Waals surface area contributed by atoms with Gasteiger partial charge in [-0.3, -0.25) is 0 Å². The van der Waals surface area contributed by atoms with Gasteiger partial charge >= 0.3 is 19.5 Å². The standard InChI is InChI=1S/C5HBF5N2O/c7-4(8,5(9,10)11)6-14-3(1-12)2-13/h3H. The summed E-state index contributed by atoms with van der Waals surface area (Å²) in [5.41, 5.74) is 0. The van der Waals surface area contributed by atoms with Gasteiger partial charge < -0.3 is 4.65 Å². The highest BCUT2D eigenvalue weighted by molar-refractivity contribution is 6.31. The van der Waals surface area contributed by atoms with E-state index in [-0.39, 0.29) is 0 Å². The SMILES string of the molecule is N#CC(C#N)O[B]C(F)(F)C(F)(F)F. The van der Waals surface area contributed by atoms with Crippen LogP contribution in [0, 0.1) is 22.7 Å². The fourth-order valence-corrected chi connectivity index (χ4v) is 0.310. The smallest absolute Gasteiger partial charge is 0.408 e. The Labute approximate surface area is 75.9 Å². The molecular formula is C5HBF5N2O. The number of hydrogen-bond donors (Lipinski definition) is 0. The van der Waals surface area contributed by atoms with Gasteiger partial charge in [0.1, 0.15) is 12.1 Å². The van der Waals surface area contributed by atoms with Gasteiger partial charge in [-0.1, -0.05) is 0 Å². The highest BCUT2D eigenvalue weighted by Gasteiger charge is 2.59. The van der Waals surface area contributed by atoms with E-state index in [1.807, 2.05) is 0 Å². The van der Waals surface area contributed by atoms with Gasteiger partial charge in [0, 0.05) is 0 Å². The lowest BCUT2D eigenvalue weighted by Crippen LogP contribution is -2.44. The molecule has 0 amide bonds. The molecule has 0 unspecified atom stereocenters. The number of rotatable bonds is 3. The predicted octanol–water partition coefficient (Wildman–Crippen LogP) is 1.19. The third-order valence-electron chi connectivity index (χ3n) is 0.965. The number of alkyl halides is 5. The van der Waals surface area contributed by atoms with Gasteiger partial charge in [0.15, 0.2) is 0 Å². The second-order valence-corrected chi connectivity index (χ2v) is 2.01. The summed E-state index contributed by atoms with van der Waals surface area (Å²) in [6.45, 7) is 0. The van der Waals surface area contributed by atoms with Crippen molar-refractivity contribution in [2.45, 2.75) is 18.1 Å². The molecule has 75 valence electrons. The molecule has 3 nitrogen and oxygen atoms in total. The molecule has 0 atom stereocenters. The molecule has 1 radical (unpaired) electrons. The summed E-state index contributed by atoms with van der Waals surface area (Å²) in [5.74, 6) is -5.18. The van der Waals surface area contributed by atoms with Gasteiger partial charge in [-0.25, -0.2) is 8.78 Å². The zero-order valence-corrected chi connectivity index (χ0v) is 6.35. The van der Waals surface area contributed by atoms with Gasteiger partial charge in [-0.05, 0) is 0 Å². The van der Waals surface area contributed by atoms with Crippen molar-refractivity contribution in [1.82, 2.24) is 0 Å². The number of nitriles is 2. The van der Waals surface area contributed by atoms with E-state index in [1.54, 1.807) is 0 Å². The van der Waals surface area contributed by atoms with E-state index in [0.717, 1.165) is 12.1 Å². The molecule has 0 aliphatic rings.